The summed E-state index contributed by atoms with van der Waals surface area (Å²) in [5.41, 5.74) is 1.14. The van der Waals surface area contributed by atoms with Crippen molar-refractivity contribution in [3.8, 4) is 17.2 Å². The first-order valence-corrected chi connectivity index (χ1v) is 9.86. The number of aliphatic hydroxyl groups is 1. The predicted molar refractivity (Wildman–Crippen MR) is 103 cm³/mol. The van der Waals surface area contributed by atoms with Gasteiger partial charge in [0.15, 0.2) is 11.5 Å². The van der Waals surface area contributed by atoms with E-state index < -0.39 is 6.10 Å². The van der Waals surface area contributed by atoms with E-state index in [1.165, 1.54) is 25.0 Å². The Morgan fingerprint density at radius 1 is 1.07 bits per heavy atom. The topological polar surface area (TPSA) is 51.2 Å². The molecular weight excluding hydrogens is 361 g/mol. The van der Waals surface area contributed by atoms with Gasteiger partial charge in [0.05, 0.1) is 0 Å². The number of ether oxygens (including phenoxy) is 3. The fourth-order valence-corrected chi connectivity index (χ4v) is 3.93. The van der Waals surface area contributed by atoms with Crippen LogP contribution in [-0.4, -0.2) is 42.1 Å². The summed E-state index contributed by atoms with van der Waals surface area (Å²) in [7, 11) is 0. The molecule has 0 spiro atoms. The van der Waals surface area contributed by atoms with Crippen molar-refractivity contribution in [3.63, 3.8) is 0 Å². The Kier molecular flexibility index (Phi) is 5.98. The van der Waals surface area contributed by atoms with Gasteiger partial charge in [-0.25, -0.2) is 4.39 Å². The van der Waals surface area contributed by atoms with E-state index in [0.29, 0.717) is 18.3 Å². The lowest BCUT2D eigenvalue weighted by molar-refractivity contribution is 0.0492. The number of aliphatic hydroxyl groups excluding tert-OH is 1. The van der Waals surface area contributed by atoms with Crippen molar-refractivity contribution < 1.29 is 23.7 Å². The van der Waals surface area contributed by atoms with Crippen molar-refractivity contribution in [1.82, 2.24) is 4.90 Å². The van der Waals surface area contributed by atoms with E-state index in [1.807, 2.05) is 12.1 Å². The third-order valence-electron chi connectivity index (χ3n) is 5.37. The number of rotatable bonds is 8. The second-order valence-electron chi connectivity index (χ2n) is 7.47. The maximum Gasteiger partial charge on any atom is 0.231 e. The number of halogens is 1. The molecule has 1 N–H and O–H groups in total. The van der Waals surface area contributed by atoms with Gasteiger partial charge in [-0.05, 0) is 54.8 Å². The Morgan fingerprint density at radius 2 is 1.82 bits per heavy atom. The fourth-order valence-electron chi connectivity index (χ4n) is 3.93. The highest BCUT2D eigenvalue weighted by Gasteiger charge is 2.25. The third kappa shape index (κ3) is 4.75. The molecule has 4 rings (SSSR count). The van der Waals surface area contributed by atoms with Gasteiger partial charge in [-0.15, -0.1) is 0 Å². The molecule has 0 aromatic heterocycles. The van der Waals surface area contributed by atoms with Crippen LogP contribution in [0.2, 0.25) is 0 Å². The van der Waals surface area contributed by atoms with E-state index in [4.69, 9.17) is 14.2 Å². The standard InChI is InChI=1S/C22H26FNO4/c23-17-6-8-20(9-7-17)26-14-19(25)13-24(18-3-1-2-4-18)12-16-5-10-21-22(11-16)28-15-27-21/h5-11,18-19,25H,1-4,12-15H2. The molecule has 2 aromatic rings. The van der Waals surface area contributed by atoms with Crippen LogP contribution in [0.25, 0.3) is 0 Å². The van der Waals surface area contributed by atoms with Crippen LogP contribution in [0.4, 0.5) is 4.39 Å². The Labute approximate surface area is 164 Å². The van der Waals surface area contributed by atoms with Crippen molar-refractivity contribution in [2.75, 3.05) is 19.9 Å². The molecule has 1 saturated carbocycles. The minimum atomic E-state index is -0.625. The highest BCUT2D eigenvalue weighted by atomic mass is 19.1. The van der Waals surface area contributed by atoms with Gasteiger partial charge in [-0.2, -0.15) is 0 Å². The Balaban J connectivity index is 1.37. The summed E-state index contributed by atoms with van der Waals surface area (Å²) < 4.78 is 29.5. The van der Waals surface area contributed by atoms with Crippen molar-refractivity contribution in [3.05, 3.63) is 53.8 Å². The summed E-state index contributed by atoms with van der Waals surface area (Å²) in [4.78, 5) is 2.34. The maximum atomic E-state index is 13.0. The summed E-state index contributed by atoms with van der Waals surface area (Å²) in [6.07, 6.45) is 4.13. The largest absolute Gasteiger partial charge is 0.491 e. The Bertz CT molecular complexity index is 777. The number of nitrogens with zero attached hydrogens (tertiary/aromatic N) is 1. The van der Waals surface area contributed by atoms with Gasteiger partial charge in [-0.3, -0.25) is 4.90 Å². The van der Waals surface area contributed by atoms with Crippen molar-refractivity contribution in [2.45, 2.75) is 44.4 Å². The first-order valence-electron chi connectivity index (χ1n) is 9.86. The molecule has 1 fully saturated rings. The number of hydrogen-bond acceptors (Lipinski definition) is 5. The molecule has 0 amide bonds. The molecule has 0 bridgehead atoms. The smallest absolute Gasteiger partial charge is 0.231 e. The fraction of sp³-hybridized carbons (Fsp3) is 0.455. The van der Waals surface area contributed by atoms with Gasteiger partial charge in [0.1, 0.15) is 24.3 Å². The first-order chi connectivity index (χ1) is 13.7. The highest BCUT2D eigenvalue weighted by molar-refractivity contribution is 5.44. The van der Waals surface area contributed by atoms with Gasteiger partial charge >= 0.3 is 0 Å². The summed E-state index contributed by atoms with van der Waals surface area (Å²) in [5.74, 6) is 1.82. The lowest BCUT2D eigenvalue weighted by Crippen LogP contribution is -2.40. The first kappa shape index (κ1) is 19.0. The maximum absolute atomic E-state index is 13.0. The van der Waals surface area contributed by atoms with E-state index in [2.05, 4.69) is 11.0 Å². The van der Waals surface area contributed by atoms with E-state index in [0.717, 1.165) is 36.4 Å². The second-order valence-corrected chi connectivity index (χ2v) is 7.47. The Hall–Kier alpha value is -2.31. The van der Waals surface area contributed by atoms with Crippen LogP contribution in [0.5, 0.6) is 17.2 Å². The number of hydrogen-bond donors (Lipinski definition) is 1. The molecule has 1 aliphatic carbocycles. The summed E-state index contributed by atoms with van der Waals surface area (Å²) in [6.45, 7) is 1.72. The van der Waals surface area contributed by atoms with Crippen LogP contribution in [0.3, 0.4) is 0 Å². The van der Waals surface area contributed by atoms with Crippen molar-refractivity contribution >= 4 is 0 Å². The SMILES string of the molecule is OC(COc1ccc(F)cc1)CN(Cc1ccc2c(c1)OCO2)C1CCCC1. The minimum absolute atomic E-state index is 0.177. The lowest BCUT2D eigenvalue weighted by Gasteiger charge is -2.31. The van der Waals surface area contributed by atoms with Gasteiger partial charge < -0.3 is 19.3 Å². The van der Waals surface area contributed by atoms with Crippen LogP contribution >= 0.6 is 0 Å². The average molecular weight is 387 g/mol. The molecule has 6 heteroatoms. The lowest BCUT2D eigenvalue weighted by atomic mass is 10.1. The quantitative estimate of drug-likeness (QED) is 0.748. The average Bonchev–Trinajstić information content (AvgIpc) is 3.38. The molecule has 2 aliphatic rings. The van der Waals surface area contributed by atoms with Gasteiger partial charge in [0.2, 0.25) is 6.79 Å². The second kappa shape index (κ2) is 8.80. The molecular formula is C22H26FNO4. The van der Waals surface area contributed by atoms with Gasteiger partial charge in [0, 0.05) is 19.1 Å². The molecule has 0 saturated heterocycles. The van der Waals surface area contributed by atoms with Gasteiger partial charge in [-0.1, -0.05) is 18.9 Å². The molecule has 1 aliphatic heterocycles. The molecule has 5 nitrogen and oxygen atoms in total. The summed E-state index contributed by atoms with van der Waals surface area (Å²) >= 11 is 0. The monoisotopic (exact) mass is 387 g/mol. The van der Waals surface area contributed by atoms with Crippen LogP contribution in [0.1, 0.15) is 31.2 Å². The van der Waals surface area contributed by atoms with Crippen molar-refractivity contribution in [1.29, 1.82) is 0 Å². The van der Waals surface area contributed by atoms with Crippen LogP contribution < -0.4 is 14.2 Å². The van der Waals surface area contributed by atoms with Gasteiger partial charge in [0.25, 0.3) is 0 Å². The number of fused-ring (bicyclic) bond motifs is 1. The summed E-state index contributed by atoms with van der Waals surface area (Å²) in [5, 5.41) is 10.5. The van der Waals surface area contributed by atoms with Crippen molar-refractivity contribution in [2.24, 2.45) is 0 Å². The molecule has 1 unspecified atom stereocenters. The molecule has 1 atom stereocenters. The van der Waals surface area contributed by atoms with Crippen LogP contribution in [-0.2, 0) is 6.54 Å². The van der Waals surface area contributed by atoms with E-state index in [1.54, 1.807) is 12.1 Å². The third-order valence-corrected chi connectivity index (χ3v) is 5.37. The zero-order valence-corrected chi connectivity index (χ0v) is 15.9. The van der Waals surface area contributed by atoms with Crippen LogP contribution in [0.15, 0.2) is 42.5 Å². The minimum Gasteiger partial charge on any atom is -0.491 e. The van der Waals surface area contributed by atoms with E-state index in [9.17, 15) is 9.50 Å². The zero-order valence-electron chi connectivity index (χ0n) is 15.9. The van der Waals surface area contributed by atoms with E-state index in [-0.39, 0.29) is 19.2 Å². The highest BCUT2D eigenvalue weighted by Crippen LogP contribution is 2.33. The molecule has 1 heterocycles. The van der Waals surface area contributed by atoms with E-state index >= 15 is 0 Å². The molecule has 0 radical (unpaired) electrons. The number of benzene rings is 2. The molecule has 150 valence electrons. The van der Waals surface area contributed by atoms with Crippen LogP contribution in [0, 0.1) is 5.82 Å². The molecule has 2 aromatic carbocycles. The molecule has 28 heavy (non-hydrogen) atoms. The predicted octanol–water partition coefficient (Wildman–Crippen LogP) is 3.74. The summed E-state index contributed by atoms with van der Waals surface area (Å²) in [6, 6.07) is 12.3. The zero-order chi connectivity index (χ0) is 19.3. The Morgan fingerprint density at radius 3 is 2.61 bits per heavy atom. The normalized spacial score (nSPS) is 17.2.